The summed E-state index contributed by atoms with van der Waals surface area (Å²) in [5, 5.41) is 3.44. The minimum absolute atomic E-state index is 0.261. The van der Waals surface area contributed by atoms with Gasteiger partial charge in [0.15, 0.2) is 0 Å². The Labute approximate surface area is 97.6 Å². The van der Waals surface area contributed by atoms with Crippen LogP contribution in [0.5, 0.6) is 0 Å². The Kier molecular flexibility index (Phi) is 3.69. The van der Waals surface area contributed by atoms with E-state index < -0.39 is 0 Å². The van der Waals surface area contributed by atoms with E-state index >= 15 is 0 Å². The standard InChI is InChI=1S/C12H23N3O/c1-2-14-11-6-10(5-9-3-4-9)7-15(8-11)12(13)16/h9-11,14H,2-8H2,1H3,(H2,13,16). The Morgan fingerprint density at radius 3 is 2.69 bits per heavy atom. The van der Waals surface area contributed by atoms with Crippen molar-refractivity contribution in [2.45, 2.75) is 38.6 Å². The SMILES string of the molecule is CCNC1CC(CC2CC2)CN(C(N)=O)C1. The minimum Gasteiger partial charge on any atom is -0.351 e. The number of carbonyl (C=O) groups excluding carboxylic acids is 1. The van der Waals surface area contributed by atoms with Crippen LogP contribution in [0.4, 0.5) is 4.79 Å². The first-order valence-corrected chi connectivity index (χ1v) is 6.46. The number of nitrogens with zero attached hydrogens (tertiary/aromatic N) is 1. The highest BCUT2D eigenvalue weighted by Crippen LogP contribution is 2.37. The van der Waals surface area contributed by atoms with Gasteiger partial charge in [-0.05, 0) is 31.2 Å². The van der Waals surface area contributed by atoms with Crippen molar-refractivity contribution >= 4 is 6.03 Å². The second-order valence-corrected chi connectivity index (χ2v) is 5.28. The van der Waals surface area contributed by atoms with Gasteiger partial charge in [-0.15, -0.1) is 0 Å². The molecule has 4 nitrogen and oxygen atoms in total. The summed E-state index contributed by atoms with van der Waals surface area (Å²) in [6.07, 6.45) is 5.26. The third kappa shape index (κ3) is 3.11. The number of hydrogen-bond donors (Lipinski definition) is 2. The second-order valence-electron chi connectivity index (χ2n) is 5.28. The number of nitrogens with one attached hydrogen (secondary N) is 1. The van der Waals surface area contributed by atoms with Crippen LogP contribution in [0, 0.1) is 11.8 Å². The number of primary amides is 1. The summed E-state index contributed by atoms with van der Waals surface area (Å²) in [4.78, 5) is 13.1. The topological polar surface area (TPSA) is 58.4 Å². The second kappa shape index (κ2) is 5.04. The number of likely N-dealkylation sites (tertiary alicyclic amines) is 1. The molecular formula is C12H23N3O. The molecule has 0 aromatic rings. The average molecular weight is 225 g/mol. The molecule has 0 radical (unpaired) electrons. The van der Waals surface area contributed by atoms with Gasteiger partial charge in [0.05, 0.1) is 0 Å². The maximum atomic E-state index is 11.3. The highest BCUT2D eigenvalue weighted by molar-refractivity contribution is 5.72. The molecule has 16 heavy (non-hydrogen) atoms. The van der Waals surface area contributed by atoms with Crippen molar-refractivity contribution < 1.29 is 4.79 Å². The van der Waals surface area contributed by atoms with Crippen LogP contribution in [-0.4, -0.2) is 36.6 Å². The van der Waals surface area contributed by atoms with E-state index in [4.69, 9.17) is 5.73 Å². The number of hydrogen-bond acceptors (Lipinski definition) is 2. The molecule has 0 aromatic heterocycles. The summed E-state index contributed by atoms with van der Waals surface area (Å²) in [6, 6.07) is 0.179. The van der Waals surface area contributed by atoms with Crippen molar-refractivity contribution in [3.63, 3.8) is 0 Å². The van der Waals surface area contributed by atoms with Crippen LogP contribution in [0.1, 0.15) is 32.6 Å². The van der Waals surface area contributed by atoms with Crippen LogP contribution in [-0.2, 0) is 0 Å². The fraction of sp³-hybridized carbons (Fsp3) is 0.917. The molecule has 2 fully saturated rings. The van der Waals surface area contributed by atoms with Gasteiger partial charge in [0.1, 0.15) is 0 Å². The predicted molar refractivity (Wildman–Crippen MR) is 64.1 cm³/mol. The first-order chi connectivity index (χ1) is 7.69. The summed E-state index contributed by atoms with van der Waals surface area (Å²) in [5.74, 6) is 1.58. The van der Waals surface area contributed by atoms with Crippen molar-refractivity contribution in [3.8, 4) is 0 Å². The third-order valence-corrected chi connectivity index (χ3v) is 3.71. The van der Waals surface area contributed by atoms with E-state index in [-0.39, 0.29) is 6.03 Å². The Morgan fingerprint density at radius 1 is 1.38 bits per heavy atom. The molecule has 3 N–H and O–H groups in total. The number of carbonyl (C=O) groups is 1. The van der Waals surface area contributed by atoms with Gasteiger partial charge in [0.2, 0.25) is 0 Å². The molecule has 1 heterocycles. The molecule has 1 saturated heterocycles. The number of nitrogens with two attached hydrogens (primary N) is 1. The summed E-state index contributed by atoms with van der Waals surface area (Å²) in [6.45, 7) is 4.73. The Morgan fingerprint density at radius 2 is 2.12 bits per heavy atom. The first kappa shape index (κ1) is 11.7. The van der Waals surface area contributed by atoms with E-state index in [1.54, 1.807) is 0 Å². The molecule has 0 spiro atoms. The molecule has 2 aliphatic rings. The molecule has 0 aromatic carbocycles. The highest BCUT2D eigenvalue weighted by Gasteiger charge is 2.32. The van der Waals surface area contributed by atoms with E-state index in [9.17, 15) is 4.79 Å². The minimum atomic E-state index is -0.261. The number of likely N-dealkylation sites (N-methyl/N-ethyl adjacent to an activating group) is 1. The average Bonchev–Trinajstić information content (AvgIpc) is 3.01. The summed E-state index contributed by atoms with van der Waals surface area (Å²) >= 11 is 0. The lowest BCUT2D eigenvalue weighted by molar-refractivity contribution is 0.147. The van der Waals surface area contributed by atoms with Crippen LogP contribution in [0.2, 0.25) is 0 Å². The zero-order valence-corrected chi connectivity index (χ0v) is 10.1. The largest absolute Gasteiger partial charge is 0.351 e. The van der Waals surface area contributed by atoms with Crippen LogP contribution in [0.15, 0.2) is 0 Å². The third-order valence-electron chi connectivity index (χ3n) is 3.71. The fourth-order valence-corrected chi connectivity index (χ4v) is 2.82. The van der Waals surface area contributed by atoms with Crippen molar-refractivity contribution in [3.05, 3.63) is 0 Å². The number of rotatable bonds is 4. The lowest BCUT2D eigenvalue weighted by Crippen LogP contribution is -2.52. The number of piperidine rings is 1. The van der Waals surface area contributed by atoms with Gasteiger partial charge in [-0.1, -0.05) is 19.8 Å². The van der Waals surface area contributed by atoms with E-state index in [0.717, 1.165) is 25.6 Å². The van der Waals surface area contributed by atoms with Gasteiger partial charge in [-0.2, -0.15) is 0 Å². The van der Waals surface area contributed by atoms with E-state index in [1.165, 1.54) is 25.7 Å². The van der Waals surface area contributed by atoms with Crippen LogP contribution >= 0.6 is 0 Å². The van der Waals surface area contributed by atoms with Crippen LogP contribution in [0.25, 0.3) is 0 Å². The van der Waals surface area contributed by atoms with Gasteiger partial charge in [0, 0.05) is 19.1 Å². The van der Waals surface area contributed by atoms with Crippen molar-refractivity contribution in [1.82, 2.24) is 10.2 Å². The molecular weight excluding hydrogens is 202 g/mol. The molecule has 1 saturated carbocycles. The number of amides is 2. The molecule has 2 amide bonds. The van der Waals surface area contributed by atoms with Gasteiger partial charge in [-0.3, -0.25) is 0 Å². The molecule has 4 heteroatoms. The molecule has 2 unspecified atom stereocenters. The van der Waals surface area contributed by atoms with Crippen molar-refractivity contribution in [2.24, 2.45) is 17.6 Å². The highest BCUT2D eigenvalue weighted by atomic mass is 16.2. The maximum absolute atomic E-state index is 11.3. The van der Waals surface area contributed by atoms with Gasteiger partial charge in [0.25, 0.3) is 0 Å². The number of urea groups is 1. The van der Waals surface area contributed by atoms with Gasteiger partial charge >= 0.3 is 6.03 Å². The van der Waals surface area contributed by atoms with E-state index in [1.807, 2.05) is 4.90 Å². The monoisotopic (exact) mass is 225 g/mol. The van der Waals surface area contributed by atoms with Gasteiger partial charge < -0.3 is 16.0 Å². The smallest absolute Gasteiger partial charge is 0.314 e. The zero-order valence-electron chi connectivity index (χ0n) is 10.1. The Bertz CT molecular complexity index is 253. The fourth-order valence-electron chi connectivity index (χ4n) is 2.82. The quantitative estimate of drug-likeness (QED) is 0.754. The molecule has 0 bridgehead atoms. The lowest BCUT2D eigenvalue weighted by Gasteiger charge is -2.37. The Balaban J connectivity index is 1.89. The van der Waals surface area contributed by atoms with E-state index in [0.29, 0.717) is 12.0 Å². The molecule has 92 valence electrons. The summed E-state index contributed by atoms with van der Waals surface area (Å²) in [7, 11) is 0. The van der Waals surface area contributed by atoms with Crippen LogP contribution < -0.4 is 11.1 Å². The van der Waals surface area contributed by atoms with Gasteiger partial charge in [-0.25, -0.2) is 4.79 Å². The van der Waals surface area contributed by atoms with Crippen molar-refractivity contribution in [1.29, 1.82) is 0 Å². The molecule has 1 aliphatic carbocycles. The summed E-state index contributed by atoms with van der Waals surface area (Å²) < 4.78 is 0. The lowest BCUT2D eigenvalue weighted by atomic mass is 9.90. The molecule has 1 aliphatic heterocycles. The summed E-state index contributed by atoms with van der Waals surface area (Å²) in [5.41, 5.74) is 5.39. The zero-order chi connectivity index (χ0) is 11.5. The molecule has 2 atom stereocenters. The molecule has 2 rings (SSSR count). The van der Waals surface area contributed by atoms with Crippen molar-refractivity contribution in [2.75, 3.05) is 19.6 Å². The van der Waals surface area contributed by atoms with E-state index in [2.05, 4.69) is 12.2 Å². The maximum Gasteiger partial charge on any atom is 0.314 e. The predicted octanol–water partition coefficient (Wildman–Crippen LogP) is 1.17. The van der Waals surface area contributed by atoms with Crippen LogP contribution in [0.3, 0.4) is 0 Å². The normalized spacial score (nSPS) is 30.4. The Hall–Kier alpha value is -0.770. The first-order valence-electron chi connectivity index (χ1n) is 6.46.